The minimum Gasteiger partial charge on any atom is -0.326 e. The van der Waals surface area contributed by atoms with Crippen molar-refractivity contribution in [3.8, 4) is 0 Å². The summed E-state index contributed by atoms with van der Waals surface area (Å²) in [5.41, 5.74) is 5.92. The molecule has 0 bridgehead atoms. The van der Waals surface area contributed by atoms with Crippen LogP contribution in [-0.2, 0) is 10.2 Å². The molecular weight excluding hydrogens is 226 g/mol. The van der Waals surface area contributed by atoms with Gasteiger partial charge in [0.2, 0.25) is 0 Å². The molecule has 1 aliphatic heterocycles. The van der Waals surface area contributed by atoms with E-state index in [-0.39, 0.29) is 6.04 Å². The Morgan fingerprint density at radius 1 is 1.38 bits per heavy atom. The summed E-state index contributed by atoms with van der Waals surface area (Å²) in [5.74, 6) is 0.406. The van der Waals surface area contributed by atoms with Crippen molar-refractivity contribution in [2.45, 2.75) is 33.2 Å². The molecule has 96 valence electrons. The second kappa shape index (κ2) is 5.44. The molecule has 1 fully saturated rings. The Hall–Kier alpha value is -0.170. The Balaban J connectivity index is 2.77. The van der Waals surface area contributed by atoms with E-state index in [2.05, 4.69) is 6.92 Å². The van der Waals surface area contributed by atoms with Crippen LogP contribution in [0, 0.1) is 5.92 Å². The van der Waals surface area contributed by atoms with Crippen LogP contribution in [0.15, 0.2) is 0 Å². The molecule has 5 nitrogen and oxygen atoms in total. The fraction of sp³-hybridized carbons (Fsp3) is 1.00. The van der Waals surface area contributed by atoms with Crippen LogP contribution < -0.4 is 5.73 Å². The number of rotatable bonds is 4. The summed E-state index contributed by atoms with van der Waals surface area (Å²) >= 11 is 0. The molecule has 0 radical (unpaired) electrons. The zero-order valence-corrected chi connectivity index (χ0v) is 11.2. The molecule has 0 amide bonds. The first-order valence-corrected chi connectivity index (χ1v) is 7.34. The molecule has 1 rings (SSSR count). The average molecular weight is 249 g/mol. The SMILES string of the molecule is CCN(CC)S(=O)(=O)N1CCC(C)C(N)C1. The first-order chi connectivity index (χ1) is 7.43. The van der Waals surface area contributed by atoms with Crippen LogP contribution in [0.3, 0.4) is 0 Å². The van der Waals surface area contributed by atoms with E-state index in [0.29, 0.717) is 32.1 Å². The van der Waals surface area contributed by atoms with Crippen molar-refractivity contribution in [2.75, 3.05) is 26.2 Å². The fourth-order valence-electron chi connectivity index (χ4n) is 1.99. The topological polar surface area (TPSA) is 66.6 Å². The molecule has 2 N–H and O–H groups in total. The van der Waals surface area contributed by atoms with E-state index < -0.39 is 10.2 Å². The van der Waals surface area contributed by atoms with Gasteiger partial charge in [0.25, 0.3) is 10.2 Å². The number of nitrogens with two attached hydrogens (primary N) is 1. The largest absolute Gasteiger partial charge is 0.326 e. The Bertz CT molecular complexity index is 314. The maximum absolute atomic E-state index is 12.2. The van der Waals surface area contributed by atoms with Crippen molar-refractivity contribution in [3.05, 3.63) is 0 Å². The van der Waals surface area contributed by atoms with Crippen molar-refractivity contribution >= 4 is 10.2 Å². The van der Waals surface area contributed by atoms with Crippen LogP contribution in [0.25, 0.3) is 0 Å². The van der Waals surface area contributed by atoms with Crippen LogP contribution in [0.5, 0.6) is 0 Å². The molecule has 0 aliphatic carbocycles. The molecule has 0 aromatic carbocycles. The summed E-state index contributed by atoms with van der Waals surface area (Å²) in [5, 5.41) is 0. The molecule has 1 heterocycles. The molecule has 16 heavy (non-hydrogen) atoms. The lowest BCUT2D eigenvalue weighted by atomic mass is 9.96. The number of piperidine rings is 1. The predicted molar refractivity (Wildman–Crippen MR) is 65.2 cm³/mol. The highest BCUT2D eigenvalue weighted by atomic mass is 32.2. The van der Waals surface area contributed by atoms with Crippen LogP contribution >= 0.6 is 0 Å². The molecule has 1 aliphatic rings. The van der Waals surface area contributed by atoms with E-state index in [1.807, 2.05) is 13.8 Å². The summed E-state index contributed by atoms with van der Waals surface area (Å²) < 4.78 is 27.4. The zero-order chi connectivity index (χ0) is 12.3. The molecular formula is C10H23N3O2S. The number of nitrogens with zero attached hydrogens (tertiary/aromatic N) is 2. The molecule has 0 aromatic rings. The molecule has 2 atom stereocenters. The van der Waals surface area contributed by atoms with E-state index in [1.165, 1.54) is 8.61 Å². The Morgan fingerprint density at radius 2 is 1.94 bits per heavy atom. The van der Waals surface area contributed by atoms with Crippen LogP contribution in [-0.4, -0.2) is 49.2 Å². The molecule has 0 saturated carbocycles. The van der Waals surface area contributed by atoms with Gasteiger partial charge in [0.05, 0.1) is 0 Å². The lowest BCUT2D eigenvalue weighted by molar-refractivity contribution is 0.238. The Labute approximate surface area is 98.8 Å². The van der Waals surface area contributed by atoms with E-state index in [1.54, 1.807) is 0 Å². The van der Waals surface area contributed by atoms with Crippen molar-refractivity contribution < 1.29 is 8.42 Å². The maximum atomic E-state index is 12.2. The first kappa shape index (κ1) is 13.9. The minimum absolute atomic E-state index is 0.0425. The fourth-order valence-corrected chi connectivity index (χ4v) is 3.67. The molecule has 6 heteroatoms. The number of hydrogen-bond donors (Lipinski definition) is 1. The van der Waals surface area contributed by atoms with Crippen molar-refractivity contribution in [1.82, 2.24) is 8.61 Å². The highest BCUT2D eigenvalue weighted by Crippen LogP contribution is 2.19. The van der Waals surface area contributed by atoms with E-state index >= 15 is 0 Å². The van der Waals surface area contributed by atoms with Gasteiger partial charge in [-0.3, -0.25) is 0 Å². The molecule has 0 aromatic heterocycles. The van der Waals surface area contributed by atoms with Gasteiger partial charge < -0.3 is 5.73 Å². The summed E-state index contributed by atoms with van der Waals surface area (Å²) in [6, 6.07) is -0.0425. The van der Waals surface area contributed by atoms with Gasteiger partial charge in [-0.15, -0.1) is 0 Å². The van der Waals surface area contributed by atoms with Gasteiger partial charge in [0, 0.05) is 32.2 Å². The van der Waals surface area contributed by atoms with Crippen molar-refractivity contribution in [2.24, 2.45) is 11.7 Å². The van der Waals surface area contributed by atoms with Gasteiger partial charge in [-0.25, -0.2) is 0 Å². The van der Waals surface area contributed by atoms with Crippen molar-refractivity contribution in [1.29, 1.82) is 0 Å². The van der Waals surface area contributed by atoms with Gasteiger partial charge in [-0.05, 0) is 12.3 Å². The number of hydrogen-bond acceptors (Lipinski definition) is 3. The minimum atomic E-state index is -3.29. The predicted octanol–water partition coefficient (Wildman–Crippen LogP) is 0.242. The Morgan fingerprint density at radius 3 is 2.38 bits per heavy atom. The molecule has 2 unspecified atom stereocenters. The summed E-state index contributed by atoms with van der Waals surface area (Å²) in [6.45, 7) is 7.85. The van der Waals surface area contributed by atoms with Gasteiger partial charge >= 0.3 is 0 Å². The van der Waals surface area contributed by atoms with Crippen LogP contribution in [0.4, 0.5) is 0 Å². The summed E-state index contributed by atoms with van der Waals surface area (Å²) in [4.78, 5) is 0. The van der Waals surface area contributed by atoms with E-state index in [4.69, 9.17) is 5.73 Å². The lowest BCUT2D eigenvalue weighted by Crippen LogP contribution is -2.53. The second-order valence-electron chi connectivity index (χ2n) is 4.38. The van der Waals surface area contributed by atoms with E-state index in [0.717, 1.165) is 6.42 Å². The standard InChI is InChI=1S/C10H23N3O2S/c1-4-12(5-2)16(14,15)13-7-6-9(3)10(11)8-13/h9-10H,4-8,11H2,1-3H3. The van der Waals surface area contributed by atoms with E-state index in [9.17, 15) is 8.42 Å². The highest BCUT2D eigenvalue weighted by molar-refractivity contribution is 7.86. The average Bonchev–Trinajstić information content (AvgIpc) is 2.23. The highest BCUT2D eigenvalue weighted by Gasteiger charge is 2.33. The third kappa shape index (κ3) is 2.74. The smallest absolute Gasteiger partial charge is 0.282 e. The summed E-state index contributed by atoms with van der Waals surface area (Å²) in [6.07, 6.45) is 0.849. The van der Waals surface area contributed by atoms with Gasteiger partial charge in [-0.1, -0.05) is 20.8 Å². The lowest BCUT2D eigenvalue weighted by Gasteiger charge is -2.36. The van der Waals surface area contributed by atoms with Gasteiger partial charge in [-0.2, -0.15) is 17.0 Å². The first-order valence-electron chi connectivity index (χ1n) is 5.94. The third-order valence-electron chi connectivity index (χ3n) is 3.34. The Kier molecular flexibility index (Phi) is 4.73. The summed E-state index contributed by atoms with van der Waals surface area (Å²) in [7, 11) is -3.29. The van der Waals surface area contributed by atoms with Crippen LogP contribution in [0.1, 0.15) is 27.2 Å². The quantitative estimate of drug-likeness (QED) is 0.776. The molecule has 0 spiro atoms. The monoisotopic (exact) mass is 249 g/mol. The maximum Gasteiger partial charge on any atom is 0.282 e. The van der Waals surface area contributed by atoms with Crippen molar-refractivity contribution in [3.63, 3.8) is 0 Å². The zero-order valence-electron chi connectivity index (χ0n) is 10.4. The van der Waals surface area contributed by atoms with Gasteiger partial charge in [0.15, 0.2) is 0 Å². The van der Waals surface area contributed by atoms with Gasteiger partial charge in [0.1, 0.15) is 0 Å². The molecule has 1 saturated heterocycles. The third-order valence-corrected chi connectivity index (χ3v) is 5.49. The second-order valence-corrected chi connectivity index (χ2v) is 6.31. The van der Waals surface area contributed by atoms with Crippen LogP contribution in [0.2, 0.25) is 0 Å². The normalized spacial score (nSPS) is 28.6.